The number of carbonyl (C=O) groups is 1. The number of halogens is 2. The number of nitrogens with zero attached hydrogens (tertiary/aromatic N) is 2. The second-order valence-corrected chi connectivity index (χ2v) is 5.67. The third kappa shape index (κ3) is 4.61. The summed E-state index contributed by atoms with van der Waals surface area (Å²) in [6.07, 6.45) is 2.04. The van der Waals surface area contributed by atoms with Gasteiger partial charge in [-0.2, -0.15) is 5.10 Å². The van der Waals surface area contributed by atoms with Crippen molar-refractivity contribution >= 4 is 37.8 Å². The van der Waals surface area contributed by atoms with Gasteiger partial charge >= 0.3 is 0 Å². The van der Waals surface area contributed by atoms with E-state index in [0.29, 0.717) is 18.7 Å². The van der Waals surface area contributed by atoms with Gasteiger partial charge in [0, 0.05) is 17.4 Å². The average Bonchev–Trinajstić information content (AvgIpc) is 2.91. The maximum Gasteiger partial charge on any atom is 0.257 e. The molecule has 1 aromatic carbocycles. The van der Waals surface area contributed by atoms with Gasteiger partial charge in [-0.1, -0.05) is 15.9 Å². The first-order valence-electron chi connectivity index (χ1n) is 5.84. The van der Waals surface area contributed by atoms with Gasteiger partial charge in [-0.05, 0) is 34.1 Å². The number of benzene rings is 1. The Hall–Kier alpha value is -1.41. The number of nitrogens with one attached hydrogen (secondary N) is 2. The summed E-state index contributed by atoms with van der Waals surface area (Å²) in [4.78, 5) is 15.6. The van der Waals surface area contributed by atoms with Crippen molar-refractivity contribution in [1.29, 1.82) is 0 Å². The Bertz CT molecular complexity index is 575. The van der Waals surface area contributed by atoms with Gasteiger partial charge in [0.05, 0.1) is 4.47 Å². The standard InChI is InChI=1S/C12H12Br2N4O2/c13-8-1-2-10(9(14)5-8)20-6-12(19)15-4-3-11-16-7-17-18-11/h1-2,5,7H,3-4,6H2,(H,15,19)(H,16,17,18). The molecule has 0 saturated carbocycles. The van der Waals surface area contributed by atoms with E-state index in [1.807, 2.05) is 12.1 Å². The van der Waals surface area contributed by atoms with Crippen molar-refractivity contribution in [3.8, 4) is 5.75 Å². The summed E-state index contributed by atoms with van der Waals surface area (Å²) < 4.78 is 7.16. The van der Waals surface area contributed by atoms with Gasteiger partial charge in [0.25, 0.3) is 5.91 Å². The monoisotopic (exact) mass is 402 g/mol. The van der Waals surface area contributed by atoms with Crippen LogP contribution in [-0.4, -0.2) is 34.2 Å². The van der Waals surface area contributed by atoms with Crippen LogP contribution in [0.25, 0.3) is 0 Å². The number of carbonyl (C=O) groups excluding carboxylic acids is 1. The minimum atomic E-state index is -0.181. The highest BCUT2D eigenvalue weighted by Gasteiger charge is 2.06. The van der Waals surface area contributed by atoms with Gasteiger partial charge < -0.3 is 10.1 Å². The normalized spacial score (nSPS) is 10.3. The molecule has 0 aliphatic heterocycles. The molecule has 0 spiro atoms. The van der Waals surface area contributed by atoms with Crippen molar-refractivity contribution in [2.24, 2.45) is 0 Å². The Morgan fingerprint density at radius 1 is 1.40 bits per heavy atom. The van der Waals surface area contributed by atoms with Crippen molar-refractivity contribution in [2.45, 2.75) is 6.42 Å². The first-order chi connectivity index (χ1) is 9.65. The molecule has 2 N–H and O–H groups in total. The fourth-order valence-electron chi connectivity index (χ4n) is 1.46. The number of H-pyrrole nitrogens is 1. The van der Waals surface area contributed by atoms with Crippen molar-refractivity contribution in [3.05, 3.63) is 39.3 Å². The minimum Gasteiger partial charge on any atom is -0.483 e. The lowest BCUT2D eigenvalue weighted by molar-refractivity contribution is -0.123. The molecule has 2 aromatic rings. The molecule has 106 valence electrons. The maximum atomic E-state index is 11.6. The maximum absolute atomic E-state index is 11.6. The fourth-order valence-corrected chi connectivity index (χ4v) is 2.62. The van der Waals surface area contributed by atoms with Crippen LogP contribution in [-0.2, 0) is 11.2 Å². The number of aromatic amines is 1. The zero-order valence-electron chi connectivity index (χ0n) is 10.4. The highest BCUT2D eigenvalue weighted by Crippen LogP contribution is 2.27. The topological polar surface area (TPSA) is 79.9 Å². The van der Waals surface area contributed by atoms with Gasteiger partial charge in [0.15, 0.2) is 6.61 Å². The average molecular weight is 404 g/mol. The lowest BCUT2D eigenvalue weighted by atomic mass is 10.3. The van der Waals surface area contributed by atoms with Crippen LogP contribution in [0.2, 0.25) is 0 Å². The van der Waals surface area contributed by atoms with E-state index in [9.17, 15) is 4.79 Å². The molecule has 1 amide bonds. The molecule has 0 bridgehead atoms. The summed E-state index contributed by atoms with van der Waals surface area (Å²) in [7, 11) is 0. The molecule has 0 fully saturated rings. The molecule has 1 heterocycles. The number of ether oxygens (including phenoxy) is 1. The Morgan fingerprint density at radius 3 is 2.95 bits per heavy atom. The van der Waals surface area contributed by atoms with E-state index < -0.39 is 0 Å². The second-order valence-electron chi connectivity index (χ2n) is 3.90. The van der Waals surface area contributed by atoms with Gasteiger partial charge in [0.1, 0.15) is 17.9 Å². The molecule has 8 heteroatoms. The van der Waals surface area contributed by atoms with Crippen LogP contribution in [0.1, 0.15) is 5.82 Å². The highest BCUT2D eigenvalue weighted by atomic mass is 79.9. The Labute approximate surface area is 132 Å². The Kier molecular flexibility index (Phi) is 5.54. The predicted octanol–water partition coefficient (Wildman–Crippen LogP) is 2.07. The molecule has 1 aromatic heterocycles. The van der Waals surface area contributed by atoms with Crippen LogP contribution in [0.4, 0.5) is 0 Å². The third-order valence-electron chi connectivity index (χ3n) is 2.40. The van der Waals surface area contributed by atoms with E-state index in [2.05, 4.69) is 52.4 Å². The fraction of sp³-hybridized carbons (Fsp3) is 0.250. The highest BCUT2D eigenvalue weighted by molar-refractivity contribution is 9.11. The molecule has 0 radical (unpaired) electrons. The van der Waals surface area contributed by atoms with Gasteiger partial charge in [-0.3, -0.25) is 9.89 Å². The van der Waals surface area contributed by atoms with E-state index >= 15 is 0 Å². The zero-order valence-corrected chi connectivity index (χ0v) is 13.6. The number of rotatable bonds is 6. The predicted molar refractivity (Wildman–Crippen MR) is 80.4 cm³/mol. The molecular weight excluding hydrogens is 392 g/mol. The van der Waals surface area contributed by atoms with Gasteiger partial charge in [-0.25, -0.2) is 4.98 Å². The van der Waals surface area contributed by atoms with E-state index in [1.54, 1.807) is 6.07 Å². The molecule has 0 aliphatic carbocycles. The molecule has 2 rings (SSSR count). The van der Waals surface area contributed by atoms with Crippen LogP contribution in [0, 0.1) is 0 Å². The largest absolute Gasteiger partial charge is 0.483 e. The van der Waals surface area contributed by atoms with Crippen LogP contribution in [0.3, 0.4) is 0 Å². The first kappa shape index (κ1) is 15.0. The van der Waals surface area contributed by atoms with Crippen molar-refractivity contribution in [3.63, 3.8) is 0 Å². The summed E-state index contributed by atoms with van der Waals surface area (Å²) in [5.41, 5.74) is 0. The van der Waals surface area contributed by atoms with Crippen molar-refractivity contribution in [1.82, 2.24) is 20.5 Å². The number of amides is 1. The Balaban J connectivity index is 1.72. The molecule has 0 aliphatic rings. The van der Waals surface area contributed by atoms with E-state index in [1.165, 1.54) is 6.33 Å². The molecule has 20 heavy (non-hydrogen) atoms. The lowest BCUT2D eigenvalue weighted by Gasteiger charge is -2.08. The molecule has 6 nitrogen and oxygen atoms in total. The zero-order chi connectivity index (χ0) is 14.4. The van der Waals surface area contributed by atoms with E-state index in [0.717, 1.165) is 14.8 Å². The van der Waals surface area contributed by atoms with Crippen LogP contribution >= 0.6 is 31.9 Å². The number of hydrogen-bond acceptors (Lipinski definition) is 4. The number of aromatic nitrogens is 3. The third-order valence-corrected chi connectivity index (χ3v) is 3.51. The first-order valence-corrected chi connectivity index (χ1v) is 7.42. The lowest BCUT2D eigenvalue weighted by Crippen LogP contribution is -2.30. The van der Waals surface area contributed by atoms with Crippen LogP contribution in [0.5, 0.6) is 5.75 Å². The second kappa shape index (κ2) is 7.39. The molecule has 0 unspecified atom stereocenters. The summed E-state index contributed by atoms with van der Waals surface area (Å²) in [6.45, 7) is 0.454. The Morgan fingerprint density at radius 2 is 2.25 bits per heavy atom. The van der Waals surface area contributed by atoms with Crippen molar-refractivity contribution in [2.75, 3.05) is 13.2 Å². The smallest absolute Gasteiger partial charge is 0.257 e. The van der Waals surface area contributed by atoms with Crippen LogP contribution < -0.4 is 10.1 Å². The van der Waals surface area contributed by atoms with Gasteiger partial charge in [-0.15, -0.1) is 0 Å². The number of hydrogen-bond donors (Lipinski definition) is 2. The molecule has 0 atom stereocenters. The summed E-state index contributed by atoms with van der Waals surface area (Å²) in [5.74, 6) is 1.18. The summed E-state index contributed by atoms with van der Waals surface area (Å²) in [6, 6.07) is 5.50. The van der Waals surface area contributed by atoms with Gasteiger partial charge in [0.2, 0.25) is 0 Å². The molecule has 0 saturated heterocycles. The summed E-state index contributed by atoms with van der Waals surface area (Å²) >= 11 is 6.72. The van der Waals surface area contributed by atoms with Crippen molar-refractivity contribution < 1.29 is 9.53 Å². The molecular formula is C12H12Br2N4O2. The quantitative estimate of drug-likeness (QED) is 0.773. The van der Waals surface area contributed by atoms with E-state index in [4.69, 9.17) is 4.74 Å². The minimum absolute atomic E-state index is 0.0311. The van der Waals surface area contributed by atoms with E-state index in [-0.39, 0.29) is 12.5 Å². The SMILES string of the molecule is O=C(COc1ccc(Br)cc1Br)NCCc1ncn[nH]1. The van der Waals surface area contributed by atoms with Crippen LogP contribution in [0.15, 0.2) is 33.5 Å². The summed E-state index contributed by atoms with van der Waals surface area (Å²) in [5, 5.41) is 9.20.